The van der Waals surface area contributed by atoms with E-state index in [0.29, 0.717) is 12.5 Å². The summed E-state index contributed by atoms with van der Waals surface area (Å²) in [4.78, 5) is 19.3. The number of rotatable bonds is 4. The number of amides is 1. The minimum atomic E-state index is 0.144. The molecule has 1 saturated carbocycles. The van der Waals surface area contributed by atoms with Crippen LogP contribution in [-0.4, -0.2) is 26.9 Å². The first-order valence-corrected chi connectivity index (χ1v) is 9.11. The lowest BCUT2D eigenvalue weighted by atomic mass is 9.79. The Morgan fingerprint density at radius 1 is 1.25 bits per heavy atom. The van der Waals surface area contributed by atoms with Crippen LogP contribution in [0.1, 0.15) is 38.4 Å². The fourth-order valence-corrected chi connectivity index (χ4v) is 3.93. The molecule has 126 valence electrons. The van der Waals surface area contributed by atoms with E-state index >= 15 is 0 Å². The molecule has 1 atom stereocenters. The summed E-state index contributed by atoms with van der Waals surface area (Å²) >= 11 is 0. The summed E-state index contributed by atoms with van der Waals surface area (Å²) in [5, 5.41) is 0. The van der Waals surface area contributed by atoms with Crippen LogP contribution in [0.25, 0.3) is 11.3 Å². The molecule has 0 spiro atoms. The number of carbonyl (C=O) groups excluding carboxylic acids is 1. The molecule has 4 heteroatoms. The lowest BCUT2D eigenvalue weighted by Gasteiger charge is -2.33. The van der Waals surface area contributed by atoms with Crippen LogP contribution in [0.5, 0.6) is 0 Å². The Kier molecular flexibility index (Phi) is 4.13. The normalized spacial score (nSPS) is 18.8. The standard InChI is InChI=1S/C20H25N3O/c1-15(12-16-6-5-7-16)20(24)22-10-11-23-18(13-21-19(23)14-22)17-8-3-2-4-9-17/h2-4,8-9,13,15-16H,5-7,10-12,14H2,1H3. The van der Waals surface area contributed by atoms with Crippen molar-refractivity contribution in [3.05, 3.63) is 42.4 Å². The number of fused-ring (bicyclic) bond motifs is 1. The van der Waals surface area contributed by atoms with Crippen molar-refractivity contribution >= 4 is 5.91 Å². The van der Waals surface area contributed by atoms with Crippen LogP contribution in [0.3, 0.4) is 0 Å². The summed E-state index contributed by atoms with van der Waals surface area (Å²) in [5.74, 6) is 2.23. The smallest absolute Gasteiger partial charge is 0.225 e. The fourth-order valence-electron chi connectivity index (χ4n) is 3.93. The maximum atomic E-state index is 12.7. The highest BCUT2D eigenvalue weighted by Crippen LogP contribution is 2.33. The van der Waals surface area contributed by atoms with Gasteiger partial charge in [0.25, 0.3) is 0 Å². The SMILES string of the molecule is CC(CC1CCC1)C(=O)N1CCn2c(-c3ccccc3)cnc2C1. The molecule has 2 heterocycles. The van der Waals surface area contributed by atoms with Crippen LogP contribution in [0, 0.1) is 11.8 Å². The Bertz CT molecular complexity index is 718. The molecule has 2 aliphatic rings. The van der Waals surface area contributed by atoms with Crippen LogP contribution in [0.15, 0.2) is 36.5 Å². The van der Waals surface area contributed by atoms with E-state index < -0.39 is 0 Å². The van der Waals surface area contributed by atoms with Gasteiger partial charge in [0.05, 0.1) is 18.4 Å². The van der Waals surface area contributed by atoms with Gasteiger partial charge < -0.3 is 9.47 Å². The molecule has 1 unspecified atom stereocenters. The Morgan fingerprint density at radius 3 is 2.75 bits per heavy atom. The van der Waals surface area contributed by atoms with E-state index in [4.69, 9.17) is 0 Å². The zero-order valence-corrected chi connectivity index (χ0v) is 14.3. The van der Waals surface area contributed by atoms with Gasteiger partial charge in [0.15, 0.2) is 0 Å². The molecule has 4 rings (SSSR count). The molecule has 4 nitrogen and oxygen atoms in total. The minimum absolute atomic E-state index is 0.144. The van der Waals surface area contributed by atoms with E-state index in [1.54, 1.807) is 0 Å². The zero-order chi connectivity index (χ0) is 16.5. The Labute approximate surface area is 143 Å². The van der Waals surface area contributed by atoms with Crippen molar-refractivity contribution < 1.29 is 4.79 Å². The Hall–Kier alpha value is -2.10. The molecule has 1 amide bonds. The van der Waals surface area contributed by atoms with Crippen molar-refractivity contribution in [2.45, 2.75) is 45.7 Å². The molecular formula is C20H25N3O. The maximum Gasteiger partial charge on any atom is 0.225 e. The van der Waals surface area contributed by atoms with Crippen molar-refractivity contribution in [3.8, 4) is 11.3 Å². The van der Waals surface area contributed by atoms with Crippen molar-refractivity contribution in [3.63, 3.8) is 0 Å². The van der Waals surface area contributed by atoms with E-state index in [0.717, 1.165) is 36.9 Å². The van der Waals surface area contributed by atoms with Gasteiger partial charge >= 0.3 is 0 Å². The average Bonchev–Trinajstić information content (AvgIpc) is 3.01. The molecule has 2 aromatic rings. The predicted octanol–water partition coefficient (Wildman–Crippen LogP) is 3.72. The molecule has 1 fully saturated rings. The molecule has 1 aromatic heterocycles. The van der Waals surface area contributed by atoms with E-state index in [9.17, 15) is 4.79 Å². The maximum absolute atomic E-state index is 12.7. The fraction of sp³-hybridized carbons (Fsp3) is 0.500. The Balaban J connectivity index is 1.46. The predicted molar refractivity (Wildman–Crippen MR) is 94.2 cm³/mol. The summed E-state index contributed by atoms with van der Waals surface area (Å²) in [6, 6.07) is 10.4. The van der Waals surface area contributed by atoms with E-state index in [1.807, 2.05) is 17.2 Å². The molecule has 1 aromatic carbocycles. The van der Waals surface area contributed by atoms with E-state index in [1.165, 1.54) is 24.8 Å². The van der Waals surface area contributed by atoms with Gasteiger partial charge in [-0.25, -0.2) is 4.98 Å². The first-order chi connectivity index (χ1) is 11.7. The van der Waals surface area contributed by atoms with Crippen molar-refractivity contribution in [2.75, 3.05) is 6.54 Å². The van der Waals surface area contributed by atoms with Crippen LogP contribution in [0.4, 0.5) is 0 Å². The van der Waals surface area contributed by atoms with Crippen molar-refractivity contribution in [1.29, 1.82) is 0 Å². The van der Waals surface area contributed by atoms with Gasteiger partial charge in [0.2, 0.25) is 5.91 Å². The number of hydrogen-bond donors (Lipinski definition) is 0. The van der Waals surface area contributed by atoms with Gasteiger partial charge in [-0.05, 0) is 17.9 Å². The first kappa shape index (κ1) is 15.4. The van der Waals surface area contributed by atoms with E-state index in [-0.39, 0.29) is 5.92 Å². The monoisotopic (exact) mass is 323 g/mol. The topological polar surface area (TPSA) is 38.1 Å². The van der Waals surface area contributed by atoms with Crippen molar-refractivity contribution in [1.82, 2.24) is 14.5 Å². The highest BCUT2D eigenvalue weighted by molar-refractivity contribution is 5.78. The Morgan fingerprint density at radius 2 is 2.04 bits per heavy atom. The summed E-state index contributed by atoms with van der Waals surface area (Å²) in [7, 11) is 0. The number of hydrogen-bond acceptors (Lipinski definition) is 2. The van der Waals surface area contributed by atoms with Crippen LogP contribution in [-0.2, 0) is 17.9 Å². The lowest BCUT2D eigenvalue weighted by molar-refractivity contribution is -0.137. The third kappa shape index (κ3) is 2.85. The number of carbonyl (C=O) groups is 1. The van der Waals surface area contributed by atoms with Gasteiger partial charge in [-0.3, -0.25) is 4.79 Å². The van der Waals surface area contributed by atoms with Gasteiger partial charge in [0, 0.05) is 19.0 Å². The zero-order valence-electron chi connectivity index (χ0n) is 14.3. The summed E-state index contributed by atoms with van der Waals surface area (Å²) < 4.78 is 2.26. The van der Waals surface area contributed by atoms with Gasteiger partial charge in [-0.1, -0.05) is 56.5 Å². The second-order valence-corrected chi connectivity index (χ2v) is 7.27. The molecule has 0 N–H and O–H groups in total. The summed E-state index contributed by atoms with van der Waals surface area (Å²) in [6.45, 7) is 4.36. The lowest BCUT2D eigenvalue weighted by Crippen LogP contribution is -2.41. The number of imidazole rings is 1. The van der Waals surface area contributed by atoms with Crippen LogP contribution >= 0.6 is 0 Å². The second-order valence-electron chi connectivity index (χ2n) is 7.27. The molecule has 24 heavy (non-hydrogen) atoms. The third-order valence-electron chi connectivity index (χ3n) is 5.58. The van der Waals surface area contributed by atoms with Gasteiger partial charge in [-0.15, -0.1) is 0 Å². The summed E-state index contributed by atoms with van der Waals surface area (Å²) in [6.07, 6.45) is 6.95. The molecular weight excluding hydrogens is 298 g/mol. The summed E-state index contributed by atoms with van der Waals surface area (Å²) in [5.41, 5.74) is 2.34. The van der Waals surface area contributed by atoms with Gasteiger partial charge in [-0.2, -0.15) is 0 Å². The quantitative estimate of drug-likeness (QED) is 0.860. The minimum Gasteiger partial charge on any atom is -0.333 e. The highest BCUT2D eigenvalue weighted by atomic mass is 16.2. The second kappa shape index (κ2) is 6.42. The largest absolute Gasteiger partial charge is 0.333 e. The number of benzene rings is 1. The highest BCUT2D eigenvalue weighted by Gasteiger charge is 2.29. The van der Waals surface area contributed by atoms with E-state index in [2.05, 4.69) is 40.7 Å². The average molecular weight is 323 g/mol. The molecule has 1 aliphatic carbocycles. The van der Waals surface area contributed by atoms with Crippen LogP contribution in [0.2, 0.25) is 0 Å². The third-order valence-corrected chi connectivity index (χ3v) is 5.58. The number of aromatic nitrogens is 2. The molecule has 1 aliphatic heterocycles. The van der Waals surface area contributed by atoms with Crippen LogP contribution < -0.4 is 0 Å². The molecule has 0 bridgehead atoms. The molecule has 0 saturated heterocycles. The first-order valence-electron chi connectivity index (χ1n) is 9.11. The van der Waals surface area contributed by atoms with Crippen molar-refractivity contribution in [2.24, 2.45) is 11.8 Å². The number of nitrogens with zero attached hydrogens (tertiary/aromatic N) is 3. The molecule has 0 radical (unpaired) electrons. The van der Waals surface area contributed by atoms with Gasteiger partial charge in [0.1, 0.15) is 5.82 Å².